The Balaban J connectivity index is 1.87. The molecule has 0 unspecified atom stereocenters. The van der Waals surface area contributed by atoms with Crippen LogP contribution in [0.1, 0.15) is 12.8 Å². The fourth-order valence-electron chi connectivity index (χ4n) is 2.16. The summed E-state index contributed by atoms with van der Waals surface area (Å²) >= 11 is 0. The van der Waals surface area contributed by atoms with Crippen molar-refractivity contribution in [2.75, 3.05) is 52.6 Å². The van der Waals surface area contributed by atoms with Gasteiger partial charge in [0.1, 0.15) is 0 Å². The molecule has 1 aliphatic rings. The molecule has 0 saturated carbocycles. The number of imide groups is 1. The van der Waals surface area contributed by atoms with Gasteiger partial charge in [0.2, 0.25) is 11.8 Å². The van der Waals surface area contributed by atoms with Crippen molar-refractivity contribution in [3.05, 3.63) is 12.2 Å². The Labute approximate surface area is 167 Å². The highest BCUT2D eigenvalue weighted by Gasteiger charge is 2.23. The average Bonchev–Trinajstić information content (AvgIpc) is 2.99. The minimum Gasteiger partial charge on any atom is -0.465 e. The summed E-state index contributed by atoms with van der Waals surface area (Å²) in [6.07, 6.45) is 1.37. The van der Waals surface area contributed by atoms with E-state index in [1.54, 1.807) is 0 Å². The van der Waals surface area contributed by atoms with E-state index in [1.165, 1.54) is 12.2 Å². The van der Waals surface area contributed by atoms with Crippen LogP contribution in [0.4, 0.5) is 4.79 Å². The zero-order valence-corrected chi connectivity index (χ0v) is 16.0. The molecule has 12 nitrogen and oxygen atoms in total. The highest BCUT2D eigenvalue weighted by molar-refractivity contribution is 6.13. The molecule has 0 aromatic carbocycles. The number of carboxylic acid groups (broad SMARTS) is 1. The van der Waals surface area contributed by atoms with Gasteiger partial charge in [0.15, 0.2) is 0 Å². The van der Waals surface area contributed by atoms with Gasteiger partial charge in [0, 0.05) is 51.2 Å². The van der Waals surface area contributed by atoms with Crippen molar-refractivity contribution >= 4 is 29.7 Å². The van der Waals surface area contributed by atoms with Crippen molar-refractivity contribution in [3.8, 4) is 0 Å². The first-order chi connectivity index (χ1) is 13.9. The molecule has 4 N–H and O–H groups in total. The number of rotatable bonds is 15. The monoisotopic (exact) mass is 414 g/mol. The Kier molecular flexibility index (Phi) is 11.7. The molecule has 0 aromatic heterocycles. The van der Waals surface area contributed by atoms with Crippen LogP contribution in [0.3, 0.4) is 0 Å². The Morgan fingerprint density at radius 2 is 1.34 bits per heavy atom. The highest BCUT2D eigenvalue weighted by Crippen LogP contribution is 2.03. The summed E-state index contributed by atoms with van der Waals surface area (Å²) in [5.74, 6) is -1.37. The maximum atomic E-state index is 11.6. The predicted octanol–water partition coefficient (Wildman–Crippen LogP) is -1.78. The normalized spacial score (nSPS) is 12.9. The second-order valence-corrected chi connectivity index (χ2v) is 5.82. The lowest BCUT2D eigenvalue weighted by Crippen LogP contribution is -2.35. The van der Waals surface area contributed by atoms with Crippen molar-refractivity contribution in [3.63, 3.8) is 0 Å². The fraction of sp³-hybridized carbons (Fsp3) is 0.588. The maximum absolute atomic E-state index is 11.6. The molecule has 1 heterocycles. The SMILES string of the molecule is O=C(O)NCCNC(=O)CCOCCOCCNC(=O)CCN1C(=O)C=CC1=O. The van der Waals surface area contributed by atoms with Crippen molar-refractivity contribution < 1.29 is 38.6 Å². The third-order valence-corrected chi connectivity index (χ3v) is 3.60. The van der Waals surface area contributed by atoms with Crippen molar-refractivity contribution in [1.82, 2.24) is 20.9 Å². The van der Waals surface area contributed by atoms with Crippen molar-refractivity contribution in [1.29, 1.82) is 0 Å². The lowest BCUT2D eigenvalue weighted by Gasteiger charge is -2.13. The summed E-state index contributed by atoms with van der Waals surface area (Å²) in [5, 5.41) is 15.6. The number of nitrogens with one attached hydrogen (secondary N) is 3. The number of carbonyl (C=O) groups is 5. The molecule has 0 bridgehead atoms. The van der Waals surface area contributed by atoms with Gasteiger partial charge >= 0.3 is 6.09 Å². The molecule has 29 heavy (non-hydrogen) atoms. The van der Waals surface area contributed by atoms with Gasteiger partial charge in [-0.1, -0.05) is 0 Å². The molecule has 0 radical (unpaired) electrons. The van der Waals surface area contributed by atoms with E-state index in [4.69, 9.17) is 14.6 Å². The molecule has 0 spiro atoms. The molecule has 1 aliphatic heterocycles. The number of carbonyl (C=O) groups excluding carboxylic acids is 4. The van der Waals surface area contributed by atoms with Crippen LogP contribution in [0.5, 0.6) is 0 Å². The van der Waals surface area contributed by atoms with Gasteiger partial charge < -0.3 is 30.5 Å². The van der Waals surface area contributed by atoms with Gasteiger partial charge in [-0.15, -0.1) is 0 Å². The lowest BCUT2D eigenvalue weighted by atomic mass is 10.3. The predicted molar refractivity (Wildman–Crippen MR) is 98.8 cm³/mol. The Hall–Kier alpha value is -2.99. The molecule has 5 amide bonds. The second kappa shape index (κ2) is 14.1. The number of nitrogens with zero attached hydrogens (tertiary/aromatic N) is 1. The summed E-state index contributed by atoms with van der Waals surface area (Å²) < 4.78 is 10.5. The number of ether oxygens (including phenoxy) is 2. The molecule has 0 aromatic rings. The van der Waals surface area contributed by atoms with Crippen molar-refractivity contribution in [2.45, 2.75) is 12.8 Å². The van der Waals surface area contributed by atoms with E-state index in [2.05, 4.69) is 16.0 Å². The van der Waals surface area contributed by atoms with Gasteiger partial charge in [0.05, 0.1) is 26.4 Å². The van der Waals surface area contributed by atoms with Crippen LogP contribution in [0.2, 0.25) is 0 Å². The van der Waals surface area contributed by atoms with E-state index in [0.29, 0.717) is 6.61 Å². The Morgan fingerprint density at radius 1 is 0.793 bits per heavy atom. The van der Waals surface area contributed by atoms with E-state index in [0.717, 1.165) is 4.90 Å². The summed E-state index contributed by atoms with van der Waals surface area (Å²) in [4.78, 5) is 56.9. The van der Waals surface area contributed by atoms with E-state index < -0.39 is 17.9 Å². The van der Waals surface area contributed by atoms with Gasteiger partial charge in [-0.05, 0) is 0 Å². The second-order valence-electron chi connectivity index (χ2n) is 5.82. The first-order valence-corrected chi connectivity index (χ1v) is 9.09. The van der Waals surface area contributed by atoms with Crippen molar-refractivity contribution in [2.24, 2.45) is 0 Å². The van der Waals surface area contributed by atoms with Crippen LogP contribution in [0.25, 0.3) is 0 Å². The number of amides is 5. The van der Waals surface area contributed by atoms with Crippen LogP contribution < -0.4 is 16.0 Å². The molecule has 162 valence electrons. The van der Waals surface area contributed by atoms with Gasteiger partial charge in [-0.3, -0.25) is 24.1 Å². The molecular weight excluding hydrogens is 388 g/mol. The summed E-state index contributed by atoms with van der Waals surface area (Å²) in [6, 6.07) is 0. The van der Waals surface area contributed by atoms with Crippen LogP contribution >= 0.6 is 0 Å². The zero-order valence-electron chi connectivity index (χ0n) is 16.0. The minimum atomic E-state index is -1.14. The largest absolute Gasteiger partial charge is 0.465 e. The van der Waals surface area contributed by atoms with Gasteiger partial charge in [-0.25, -0.2) is 4.79 Å². The lowest BCUT2D eigenvalue weighted by molar-refractivity contribution is -0.137. The van der Waals surface area contributed by atoms with Crippen LogP contribution in [0, 0.1) is 0 Å². The third kappa shape index (κ3) is 11.4. The summed E-state index contributed by atoms with van der Waals surface area (Å²) in [7, 11) is 0. The van der Waals surface area contributed by atoms with Crippen LogP contribution in [0.15, 0.2) is 12.2 Å². The average molecular weight is 414 g/mol. The molecule has 0 saturated heterocycles. The van der Waals surface area contributed by atoms with Gasteiger partial charge in [-0.2, -0.15) is 0 Å². The molecular formula is C17H26N4O8. The Bertz CT molecular complexity index is 605. The molecule has 0 fully saturated rings. The first kappa shape index (κ1) is 24.0. The van der Waals surface area contributed by atoms with E-state index >= 15 is 0 Å². The van der Waals surface area contributed by atoms with Crippen LogP contribution in [-0.2, 0) is 28.7 Å². The summed E-state index contributed by atoms with van der Waals surface area (Å²) in [5.41, 5.74) is 0. The molecule has 1 rings (SSSR count). The Morgan fingerprint density at radius 3 is 2.00 bits per heavy atom. The molecule has 12 heteroatoms. The zero-order chi connectivity index (χ0) is 21.5. The summed E-state index contributed by atoms with van der Waals surface area (Å²) in [6.45, 7) is 1.73. The smallest absolute Gasteiger partial charge is 0.404 e. The van der Waals surface area contributed by atoms with Crippen LogP contribution in [-0.4, -0.2) is 92.3 Å². The third-order valence-electron chi connectivity index (χ3n) is 3.60. The topological polar surface area (TPSA) is 163 Å². The fourth-order valence-corrected chi connectivity index (χ4v) is 2.16. The van der Waals surface area contributed by atoms with E-state index in [1.807, 2.05) is 0 Å². The molecule has 0 atom stereocenters. The van der Waals surface area contributed by atoms with Gasteiger partial charge in [0.25, 0.3) is 11.8 Å². The van der Waals surface area contributed by atoms with E-state index in [-0.39, 0.29) is 70.7 Å². The van der Waals surface area contributed by atoms with E-state index in [9.17, 15) is 24.0 Å². The highest BCUT2D eigenvalue weighted by atomic mass is 16.5. The number of hydrogen-bond acceptors (Lipinski definition) is 7. The standard InChI is InChI=1S/C17H26N4O8/c22-13(3-8-21-15(24)1-2-16(21)25)19-7-10-29-12-11-28-9-4-14(23)18-5-6-20-17(26)27/h1-2,20H,3-12H2,(H,18,23)(H,19,22)(H,26,27). The molecule has 0 aliphatic carbocycles. The number of hydrogen-bond donors (Lipinski definition) is 4. The quantitative estimate of drug-likeness (QED) is 0.181. The maximum Gasteiger partial charge on any atom is 0.404 e. The first-order valence-electron chi connectivity index (χ1n) is 9.09. The minimum absolute atomic E-state index is 0.0245.